The Labute approximate surface area is 357 Å². The fraction of sp³-hybridized carbons (Fsp3) is 0.805. The van der Waals surface area contributed by atoms with Gasteiger partial charge in [-0.2, -0.15) is 0 Å². The third-order valence-electron chi connectivity index (χ3n) is 10.1. The molecule has 0 bridgehead atoms. The Balaban J connectivity index is 6.32. The Kier molecular flexibility index (Phi) is 23.3. The van der Waals surface area contributed by atoms with Crippen LogP contribution in [0.1, 0.15) is 108 Å². The van der Waals surface area contributed by atoms with E-state index >= 15 is 0 Å². The molecule has 1 unspecified atom stereocenters. The zero-order valence-electron chi connectivity index (χ0n) is 38.4. The zero-order valence-corrected chi connectivity index (χ0v) is 39.2. The Bertz CT molecular complexity index is 1450. The molecule has 18 heteroatoms. The molecule has 0 aliphatic heterocycles. The first-order valence-electron chi connectivity index (χ1n) is 20.5. The number of rotatable bonds is 24. The van der Waals surface area contributed by atoms with Crippen LogP contribution in [0.15, 0.2) is 0 Å². The molecule has 0 saturated carbocycles. The van der Waals surface area contributed by atoms with Crippen LogP contribution in [0.4, 0.5) is 0 Å². The van der Waals surface area contributed by atoms with Gasteiger partial charge in [0.1, 0.15) is 42.3 Å². The minimum Gasteiger partial charge on any atom is -0.390 e. The van der Waals surface area contributed by atoms with Crippen molar-refractivity contribution < 1.29 is 43.5 Å². The first-order chi connectivity index (χ1) is 27.1. The SMILES string of the molecule is CCCC(=O)N(C)C(CCl)C(=O)N(C)[C@@H](CC(C)(C)O)C(=O)N[C@H](C(=O)N(C)[C@@H](CC(C)C)C(=O)N[C@@H](C)C(=O)N[C@@H](C)C(=O)N(C)[C@@H](CC(C)C)C(=O)NC)C(C)C. The van der Waals surface area contributed by atoms with Crippen LogP contribution in [0.25, 0.3) is 0 Å². The van der Waals surface area contributed by atoms with Crippen LogP contribution >= 0.6 is 11.6 Å². The lowest BCUT2D eigenvalue weighted by atomic mass is 9.95. The summed E-state index contributed by atoms with van der Waals surface area (Å²) in [6.45, 7) is 18.7. The molecule has 0 aromatic rings. The minimum atomic E-state index is -1.43. The third-order valence-corrected chi connectivity index (χ3v) is 10.4. The molecule has 0 aromatic heterocycles. The highest BCUT2D eigenvalue weighted by molar-refractivity contribution is 6.20. The number of hydrogen-bond donors (Lipinski definition) is 5. The van der Waals surface area contributed by atoms with E-state index in [1.807, 2.05) is 34.6 Å². The summed E-state index contributed by atoms with van der Waals surface area (Å²) in [7, 11) is 7.24. The molecule has 59 heavy (non-hydrogen) atoms. The molecule has 0 aliphatic carbocycles. The van der Waals surface area contributed by atoms with E-state index in [2.05, 4.69) is 21.3 Å². The first-order valence-corrected chi connectivity index (χ1v) is 21.1. The standard InChI is InChI=1S/C41H75ClN8O9/c1-17-18-32(51)47(13)31(22-42)39(57)50(16)30(21-41(10,11)59)37(55)46-33(25(6)7)40(58)49(15)29(20-24(4)5)36(54)44-26(8)34(52)45-27(9)38(56)48(14)28(19-23(2)3)35(53)43-12/h23-31,33,59H,17-22H2,1-16H3,(H,43,53)(H,44,54)(H,45,52)(H,46,55)/t26-,27-,28-,29-,30-,31?,33-/m0/s1. The van der Waals surface area contributed by atoms with Gasteiger partial charge in [0, 0.05) is 48.1 Å². The molecule has 0 aromatic carbocycles. The average molecular weight is 860 g/mol. The molecule has 7 atom stereocenters. The van der Waals surface area contributed by atoms with E-state index in [0.717, 1.165) is 4.90 Å². The molecule has 0 spiro atoms. The molecule has 340 valence electrons. The van der Waals surface area contributed by atoms with Gasteiger partial charge < -0.3 is 46.0 Å². The van der Waals surface area contributed by atoms with Crippen LogP contribution in [-0.2, 0) is 38.4 Å². The summed E-state index contributed by atoms with van der Waals surface area (Å²) in [6.07, 6.45) is 1.14. The highest BCUT2D eigenvalue weighted by atomic mass is 35.5. The number of amides is 8. The van der Waals surface area contributed by atoms with E-state index in [-0.39, 0.29) is 48.8 Å². The maximum atomic E-state index is 14.2. The van der Waals surface area contributed by atoms with Crippen molar-refractivity contribution in [3.8, 4) is 0 Å². The van der Waals surface area contributed by atoms with E-state index in [1.165, 1.54) is 77.6 Å². The lowest BCUT2D eigenvalue weighted by Crippen LogP contribution is -2.61. The van der Waals surface area contributed by atoms with Crippen molar-refractivity contribution in [2.45, 2.75) is 156 Å². The van der Waals surface area contributed by atoms with Gasteiger partial charge in [-0.1, -0.05) is 48.5 Å². The highest BCUT2D eigenvalue weighted by Crippen LogP contribution is 2.20. The maximum Gasteiger partial charge on any atom is 0.247 e. The number of likely N-dealkylation sites (N-methyl/N-ethyl adjacent to an activating group) is 5. The lowest BCUT2D eigenvalue weighted by molar-refractivity contribution is -0.149. The molecule has 17 nitrogen and oxygen atoms in total. The highest BCUT2D eigenvalue weighted by Gasteiger charge is 2.40. The predicted octanol–water partition coefficient (Wildman–Crippen LogP) is 1.48. The van der Waals surface area contributed by atoms with Crippen molar-refractivity contribution in [3.05, 3.63) is 0 Å². The van der Waals surface area contributed by atoms with E-state index in [9.17, 15) is 43.5 Å². The quantitative estimate of drug-likeness (QED) is 0.0888. The van der Waals surface area contributed by atoms with Crippen LogP contribution < -0.4 is 21.3 Å². The summed E-state index contributed by atoms with van der Waals surface area (Å²) in [4.78, 5) is 112. The van der Waals surface area contributed by atoms with Gasteiger partial charge in [0.05, 0.1) is 11.5 Å². The number of halogens is 1. The largest absolute Gasteiger partial charge is 0.390 e. The Morgan fingerprint density at radius 1 is 0.593 bits per heavy atom. The van der Waals surface area contributed by atoms with Crippen molar-refractivity contribution in [2.24, 2.45) is 17.8 Å². The van der Waals surface area contributed by atoms with Gasteiger partial charge in [-0.05, 0) is 64.7 Å². The number of hydrogen-bond acceptors (Lipinski definition) is 9. The van der Waals surface area contributed by atoms with Crippen LogP contribution in [0.2, 0.25) is 0 Å². The number of carbonyl (C=O) groups is 8. The van der Waals surface area contributed by atoms with E-state index in [4.69, 9.17) is 11.6 Å². The number of nitrogens with zero attached hydrogens (tertiary/aromatic N) is 4. The van der Waals surface area contributed by atoms with Gasteiger partial charge in [-0.3, -0.25) is 38.4 Å². The van der Waals surface area contributed by atoms with Crippen molar-refractivity contribution in [2.75, 3.05) is 41.1 Å². The molecule has 8 amide bonds. The van der Waals surface area contributed by atoms with Crippen LogP contribution in [0, 0.1) is 17.8 Å². The minimum absolute atomic E-state index is 0.0856. The van der Waals surface area contributed by atoms with Crippen molar-refractivity contribution in [1.29, 1.82) is 0 Å². The fourth-order valence-corrected chi connectivity index (χ4v) is 6.82. The van der Waals surface area contributed by atoms with Gasteiger partial charge in [0.2, 0.25) is 47.3 Å². The molecule has 0 aliphatic rings. The number of nitrogens with one attached hydrogen (secondary N) is 4. The number of aliphatic hydroxyl groups is 1. The average Bonchev–Trinajstić information content (AvgIpc) is 3.14. The van der Waals surface area contributed by atoms with Crippen LogP contribution in [-0.4, -0.2) is 161 Å². The van der Waals surface area contributed by atoms with Gasteiger partial charge in [0.15, 0.2) is 0 Å². The molecular formula is C41H75ClN8O9. The van der Waals surface area contributed by atoms with Gasteiger partial charge >= 0.3 is 0 Å². The smallest absolute Gasteiger partial charge is 0.247 e. The zero-order chi connectivity index (χ0) is 46.3. The molecule has 0 heterocycles. The summed E-state index contributed by atoms with van der Waals surface area (Å²) in [5.41, 5.74) is -1.43. The van der Waals surface area contributed by atoms with E-state index in [0.29, 0.717) is 12.8 Å². The van der Waals surface area contributed by atoms with Gasteiger partial charge in [-0.25, -0.2) is 0 Å². The van der Waals surface area contributed by atoms with Crippen molar-refractivity contribution in [3.63, 3.8) is 0 Å². The Morgan fingerprint density at radius 3 is 1.46 bits per heavy atom. The fourth-order valence-electron chi connectivity index (χ4n) is 6.48. The summed E-state index contributed by atoms with van der Waals surface area (Å²) in [6, 6.07) is -7.54. The molecule has 0 rings (SSSR count). The molecule has 5 N–H and O–H groups in total. The molecule has 0 radical (unpaired) electrons. The molecule has 0 fully saturated rings. The van der Waals surface area contributed by atoms with E-state index < -0.39 is 89.3 Å². The topological polar surface area (TPSA) is 218 Å². The summed E-state index contributed by atoms with van der Waals surface area (Å²) in [5.74, 6) is -5.12. The normalized spacial score (nSPS) is 15.2. The lowest BCUT2D eigenvalue weighted by Gasteiger charge is -2.37. The monoisotopic (exact) mass is 859 g/mol. The second-order valence-electron chi connectivity index (χ2n) is 17.4. The second-order valence-corrected chi connectivity index (χ2v) is 17.7. The van der Waals surface area contributed by atoms with Crippen molar-refractivity contribution >= 4 is 58.9 Å². The number of carbonyl (C=O) groups excluding carboxylic acids is 8. The third kappa shape index (κ3) is 17.3. The predicted molar refractivity (Wildman–Crippen MR) is 228 cm³/mol. The van der Waals surface area contributed by atoms with Crippen molar-refractivity contribution in [1.82, 2.24) is 40.9 Å². The van der Waals surface area contributed by atoms with Crippen LogP contribution in [0.3, 0.4) is 0 Å². The Morgan fingerprint density at radius 2 is 1.03 bits per heavy atom. The molecule has 0 saturated heterocycles. The second kappa shape index (κ2) is 24.9. The summed E-state index contributed by atoms with van der Waals surface area (Å²) >= 11 is 6.17. The first kappa shape index (κ1) is 55.0. The molecular weight excluding hydrogens is 784 g/mol. The summed E-state index contributed by atoms with van der Waals surface area (Å²) < 4.78 is 0. The maximum absolute atomic E-state index is 14.2. The Hall–Kier alpha value is -3.99. The summed E-state index contributed by atoms with van der Waals surface area (Å²) in [5, 5.41) is 21.4. The number of alkyl halides is 1. The van der Waals surface area contributed by atoms with Gasteiger partial charge in [0.25, 0.3) is 0 Å². The van der Waals surface area contributed by atoms with Crippen LogP contribution in [0.5, 0.6) is 0 Å². The van der Waals surface area contributed by atoms with Gasteiger partial charge in [-0.15, -0.1) is 11.6 Å². The van der Waals surface area contributed by atoms with E-state index in [1.54, 1.807) is 13.8 Å².